The van der Waals surface area contributed by atoms with Crippen molar-refractivity contribution >= 4 is 23.4 Å². The second kappa shape index (κ2) is 9.86. The molecule has 168 valence electrons. The molecule has 0 aliphatic heterocycles. The van der Waals surface area contributed by atoms with Gasteiger partial charge in [-0.15, -0.1) is 10.2 Å². The standard InChI is InChI=1S/C23H18F3N5OS/c1-14(22(32)28-18-8-7-17(24)19(25)20(18)26)33-23-30-29-21(16-9-11-27-12-10-16)31(23)13-15-5-3-2-4-6-15/h2-12,14H,13H2,1H3,(H,28,32)/t14-/m0/s1. The van der Waals surface area contributed by atoms with E-state index in [9.17, 15) is 18.0 Å². The molecule has 10 heteroatoms. The van der Waals surface area contributed by atoms with E-state index in [1.807, 2.05) is 47.0 Å². The number of thioether (sulfide) groups is 1. The van der Waals surface area contributed by atoms with E-state index >= 15 is 0 Å². The van der Waals surface area contributed by atoms with Crippen LogP contribution in [0.25, 0.3) is 11.4 Å². The average molecular weight is 469 g/mol. The van der Waals surface area contributed by atoms with Gasteiger partial charge in [-0.3, -0.25) is 14.3 Å². The first-order valence-corrected chi connectivity index (χ1v) is 10.8. The van der Waals surface area contributed by atoms with Gasteiger partial charge >= 0.3 is 0 Å². The minimum Gasteiger partial charge on any atom is -0.323 e. The highest BCUT2D eigenvalue weighted by Gasteiger charge is 2.23. The number of nitrogens with zero attached hydrogens (tertiary/aromatic N) is 4. The first-order valence-electron chi connectivity index (χ1n) is 9.92. The van der Waals surface area contributed by atoms with Crippen LogP contribution in [0.3, 0.4) is 0 Å². The quantitative estimate of drug-likeness (QED) is 0.307. The topological polar surface area (TPSA) is 72.7 Å². The second-order valence-corrected chi connectivity index (χ2v) is 8.39. The van der Waals surface area contributed by atoms with Crippen molar-refractivity contribution < 1.29 is 18.0 Å². The third-order valence-electron chi connectivity index (χ3n) is 4.78. The number of halogens is 3. The van der Waals surface area contributed by atoms with Crippen LogP contribution < -0.4 is 5.32 Å². The predicted molar refractivity (Wildman–Crippen MR) is 119 cm³/mol. The molecule has 1 atom stereocenters. The lowest BCUT2D eigenvalue weighted by molar-refractivity contribution is -0.115. The van der Waals surface area contributed by atoms with Gasteiger partial charge < -0.3 is 5.32 Å². The first kappa shape index (κ1) is 22.5. The maximum absolute atomic E-state index is 13.9. The highest BCUT2D eigenvalue weighted by molar-refractivity contribution is 8.00. The van der Waals surface area contributed by atoms with Crippen LogP contribution >= 0.6 is 11.8 Å². The number of anilines is 1. The Balaban J connectivity index is 1.58. The lowest BCUT2D eigenvalue weighted by atomic mass is 10.2. The molecule has 1 amide bonds. The molecule has 0 aliphatic carbocycles. The van der Waals surface area contributed by atoms with E-state index in [0.717, 1.165) is 35.0 Å². The number of amides is 1. The molecule has 0 bridgehead atoms. The molecule has 0 saturated carbocycles. The third kappa shape index (κ3) is 5.06. The van der Waals surface area contributed by atoms with Crippen molar-refractivity contribution in [2.75, 3.05) is 5.32 Å². The summed E-state index contributed by atoms with van der Waals surface area (Å²) in [4.78, 5) is 16.7. The summed E-state index contributed by atoms with van der Waals surface area (Å²) in [6.45, 7) is 2.06. The fraction of sp³-hybridized carbons (Fsp3) is 0.130. The molecule has 0 unspecified atom stereocenters. The van der Waals surface area contributed by atoms with Gasteiger partial charge in [-0.2, -0.15) is 0 Å². The van der Waals surface area contributed by atoms with E-state index in [-0.39, 0.29) is 0 Å². The Labute approximate surface area is 191 Å². The van der Waals surface area contributed by atoms with Crippen molar-refractivity contribution in [3.8, 4) is 11.4 Å². The van der Waals surface area contributed by atoms with Crippen LogP contribution in [0.1, 0.15) is 12.5 Å². The van der Waals surface area contributed by atoms with Crippen LogP contribution in [0.15, 0.2) is 72.1 Å². The van der Waals surface area contributed by atoms with E-state index in [1.54, 1.807) is 19.3 Å². The van der Waals surface area contributed by atoms with Gasteiger partial charge in [0.05, 0.1) is 17.5 Å². The first-order chi connectivity index (χ1) is 15.9. The number of pyridine rings is 1. The maximum atomic E-state index is 13.9. The Hall–Kier alpha value is -3.66. The van der Waals surface area contributed by atoms with E-state index in [2.05, 4.69) is 20.5 Å². The van der Waals surface area contributed by atoms with E-state index in [1.165, 1.54) is 0 Å². The molecular weight excluding hydrogens is 451 g/mol. The van der Waals surface area contributed by atoms with Crippen LogP contribution in [0.2, 0.25) is 0 Å². The molecule has 4 rings (SSSR count). The SMILES string of the molecule is C[C@H](Sc1nnc(-c2ccncc2)n1Cc1ccccc1)C(=O)Nc1ccc(F)c(F)c1F. The van der Waals surface area contributed by atoms with Crippen molar-refractivity contribution in [3.63, 3.8) is 0 Å². The van der Waals surface area contributed by atoms with Crippen LogP contribution in [-0.2, 0) is 11.3 Å². The normalized spacial score (nSPS) is 11.9. The number of benzene rings is 2. The average Bonchev–Trinajstić information content (AvgIpc) is 3.22. The van der Waals surface area contributed by atoms with Crippen molar-refractivity contribution in [2.24, 2.45) is 0 Å². The van der Waals surface area contributed by atoms with Crippen molar-refractivity contribution in [1.29, 1.82) is 0 Å². The van der Waals surface area contributed by atoms with Gasteiger partial charge in [0.1, 0.15) is 0 Å². The fourth-order valence-electron chi connectivity index (χ4n) is 3.07. The van der Waals surface area contributed by atoms with E-state index < -0.39 is 34.3 Å². The number of carbonyl (C=O) groups is 1. The van der Waals surface area contributed by atoms with Gasteiger partial charge in [0, 0.05) is 18.0 Å². The molecule has 33 heavy (non-hydrogen) atoms. The van der Waals surface area contributed by atoms with Gasteiger partial charge in [-0.25, -0.2) is 13.2 Å². The zero-order valence-electron chi connectivity index (χ0n) is 17.4. The zero-order chi connectivity index (χ0) is 23.4. The second-order valence-electron chi connectivity index (χ2n) is 7.09. The number of nitrogens with one attached hydrogen (secondary N) is 1. The molecule has 0 saturated heterocycles. The van der Waals surface area contributed by atoms with Crippen molar-refractivity contribution in [3.05, 3.63) is 90.0 Å². The van der Waals surface area contributed by atoms with Gasteiger partial charge in [0.15, 0.2) is 28.4 Å². The van der Waals surface area contributed by atoms with E-state index in [4.69, 9.17) is 0 Å². The predicted octanol–water partition coefficient (Wildman–Crippen LogP) is 4.93. The highest BCUT2D eigenvalue weighted by atomic mass is 32.2. The van der Waals surface area contributed by atoms with Gasteiger partial charge in [0.25, 0.3) is 0 Å². The van der Waals surface area contributed by atoms with Crippen LogP contribution in [-0.4, -0.2) is 30.9 Å². The third-order valence-corrected chi connectivity index (χ3v) is 5.86. The Kier molecular flexibility index (Phi) is 6.74. The van der Waals surface area contributed by atoms with Gasteiger partial charge in [-0.1, -0.05) is 42.1 Å². The van der Waals surface area contributed by atoms with Crippen LogP contribution in [0.4, 0.5) is 18.9 Å². The summed E-state index contributed by atoms with van der Waals surface area (Å²) in [5.74, 6) is -4.41. The minimum atomic E-state index is -1.64. The number of rotatable bonds is 7. The molecule has 1 N–H and O–H groups in total. The van der Waals surface area contributed by atoms with Crippen LogP contribution in [0, 0.1) is 17.5 Å². The molecule has 0 fully saturated rings. The number of aromatic nitrogens is 4. The molecular formula is C23H18F3N5OS. The summed E-state index contributed by atoms with van der Waals surface area (Å²) in [6, 6.07) is 15.0. The lowest BCUT2D eigenvalue weighted by Crippen LogP contribution is -2.24. The Morgan fingerprint density at radius 2 is 1.73 bits per heavy atom. The Bertz CT molecular complexity index is 1270. The summed E-state index contributed by atoms with van der Waals surface area (Å²) < 4.78 is 42.5. The summed E-state index contributed by atoms with van der Waals surface area (Å²) >= 11 is 1.12. The monoisotopic (exact) mass is 469 g/mol. The largest absolute Gasteiger partial charge is 0.323 e. The number of hydrogen-bond donors (Lipinski definition) is 1. The summed E-state index contributed by atoms with van der Waals surface area (Å²) in [6.07, 6.45) is 3.30. The van der Waals surface area contributed by atoms with Crippen LogP contribution in [0.5, 0.6) is 0 Å². The summed E-state index contributed by atoms with van der Waals surface area (Å²) in [7, 11) is 0. The molecule has 6 nitrogen and oxygen atoms in total. The fourth-order valence-corrected chi connectivity index (χ4v) is 3.92. The molecule has 2 aromatic carbocycles. The van der Waals surface area contributed by atoms with Crippen molar-refractivity contribution in [2.45, 2.75) is 23.9 Å². The molecule has 2 aromatic heterocycles. The molecule has 0 radical (unpaired) electrons. The summed E-state index contributed by atoms with van der Waals surface area (Å²) in [5.41, 5.74) is 1.38. The minimum absolute atomic E-state index is 0.436. The van der Waals surface area contributed by atoms with Gasteiger partial charge in [0.2, 0.25) is 5.91 Å². The highest BCUT2D eigenvalue weighted by Crippen LogP contribution is 2.29. The maximum Gasteiger partial charge on any atom is 0.237 e. The molecule has 0 aliphatic rings. The van der Waals surface area contributed by atoms with Gasteiger partial charge in [-0.05, 0) is 36.8 Å². The molecule has 0 spiro atoms. The number of carbonyl (C=O) groups excluding carboxylic acids is 1. The lowest BCUT2D eigenvalue weighted by Gasteiger charge is -2.14. The Morgan fingerprint density at radius 1 is 1.00 bits per heavy atom. The summed E-state index contributed by atoms with van der Waals surface area (Å²) in [5, 5.41) is 10.6. The zero-order valence-corrected chi connectivity index (χ0v) is 18.2. The molecule has 2 heterocycles. The smallest absolute Gasteiger partial charge is 0.237 e. The Morgan fingerprint density at radius 3 is 2.45 bits per heavy atom. The number of hydrogen-bond acceptors (Lipinski definition) is 5. The molecule has 4 aromatic rings. The van der Waals surface area contributed by atoms with Crippen molar-refractivity contribution in [1.82, 2.24) is 19.7 Å². The van der Waals surface area contributed by atoms with E-state index in [0.29, 0.717) is 17.5 Å².